The van der Waals surface area contributed by atoms with Gasteiger partial charge in [0.1, 0.15) is 0 Å². The van der Waals surface area contributed by atoms with E-state index in [4.69, 9.17) is 11.6 Å². The van der Waals surface area contributed by atoms with Crippen LogP contribution in [0.15, 0.2) is 12.2 Å². The number of hydrogen-bond donors (Lipinski definition) is 0. The molecule has 0 aromatic carbocycles. The lowest BCUT2D eigenvalue weighted by molar-refractivity contribution is -0.112. The molecule has 0 aromatic heterocycles. The van der Waals surface area contributed by atoms with Gasteiger partial charge in [-0.2, -0.15) is 0 Å². The first-order valence-electron chi connectivity index (χ1n) is 2.00. The number of alkyl halides is 1. The van der Waals surface area contributed by atoms with E-state index in [1.165, 1.54) is 13.0 Å². The summed E-state index contributed by atoms with van der Waals surface area (Å²) in [5, 5.41) is 0. The van der Waals surface area contributed by atoms with Crippen LogP contribution in [0, 0.1) is 0 Å². The maximum absolute atomic E-state index is 10.1. The first-order chi connectivity index (χ1) is 3.27. The van der Waals surface area contributed by atoms with Gasteiger partial charge in [-0.1, -0.05) is 6.08 Å². The molecule has 0 saturated heterocycles. The number of carbonyl (C=O) groups excluding carboxylic acids is 1. The lowest BCUT2D eigenvalue weighted by atomic mass is 10.4. The molecular formula is C5H7ClO. The average Bonchev–Trinajstić information content (AvgIpc) is 1.61. The van der Waals surface area contributed by atoms with Gasteiger partial charge in [-0.3, -0.25) is 4.79 Å². The van der Waals surface area contributed by atoms with Crippen molar-refractivity contribution >= 4 is 17.4 Å². The van der Waals surface area contributed by atoms with E-state index in [9.17, 15) is 4.79 Å². The Hall–Kier alpha value is -0.300. The normalized spacial score (nSPS) is 10.0. The van der Waals surface area contributed by atoms with Crippen molar-refractivity contribution in [2.75, 3.05) is 5.88 Å². The SMILES string of the molecule is CC(=O)/C=C/CCl. The molecule has 0 saturated carbocycles. The summed E-state index contributed by atoms with van der Waals surface area (Å²) in [6.45, 7) is 1.49. The van der Waals surface area contributed by atoms with Crippen LogP contribution in [0.1, 0.15) is 6.92 Å². The average molecular weight is 119 g/mol. The molecule has 0 unspecified atom stereocenters. The van der Waals surface area contributed by atoms with Crippen LogP contribution in [-0.2, 0) is 4.79 Å². The molecule has 40 valence electrons. The highest BCUT2D eigenvalue weighted by molar-refractivity contribution is 6.19. The van der Waals surface area contributed by atoms with Crippen molar-refractivity contribution in [3.8, 4) is 0 Å². The smallest absolute Gasteiger partial charge is 0.152 e. The molecule has 0 aliphatic carbocycles. The van der Waals surface area contributed by atoms with E-state index in [2.05, 4.69) is 0 Å². The van der Waals surface area contributed by atoms with E-state index in [0.29, 0.717) is 5.88 Å². The van der Waals surface area contributed by atoms with Crippen LogP contribution in [0.25, 0.3) is 0 Å². The van der Waals surface area contributed by atoms with Gasteiger partial charge in [0, 0.05) is 5.88 Å². The van der Waals surface area contributed by atoms with E-state index >= 15 is 0 Å². The van der Waals surface area contributed by atoms with Gasteiger partial charge >= 0.3 is 0 Å². The van der Waals surface area contributed by atoms with Crippen molar-refractivity contribution < 1.29 is 4.79 Å². The maximum atomic E-state index is 10.1. The molecule has 0 radical (unpaired) electrons. The molecule has 0 aromatic rings. The molecule has 0 N–H and O–H groups in total. The zero-order chi connectivity index (χ0) is 5.70. The quantitative estimate of drug-likeness (QED) is 0.395. The van der Waals surface area contributed by atoms with Crippen molar-refractivity contribution in [3.63, 3.8) is 0 Å². The minimum Gasteiger partial charge on any atom is -0.295 e. The molecule has 0 aliphatic heterocycles. The Bertz CT molecular complexity index is 86.1. The summed E-state index contributed by atoms with van der Waals surface area (Å²) >= 11 is 5.21. The van der Waals surface area contributed by atoms with Gasteiger partial charge in [0.2, 0.25) is 0 Å². The summed E-state index contributed by atoms with van der Waals surface area (Å²) < 4.78 is 0. The van der Waals surface area contributed by atoms with Crippen LogP contribution in [-0.4, -0.2) is 11.7 Å². The van der Waals surface area contributed by atoms with Gasteiger partial charge in [0.25, 0.3) is 0 Å². The summed E-state index contributed by atoms with van der Waals surface area (Å²) in [5.74, 6) is 0.459. The summed E-state index contributed by atoms with van der Waals surface area (Å²) in [7, 11) is 0. The molecule has 1 nitrogen and oxygen atoms in total. The second kappa shape index (κ2) is 3.88. The highest BCUT2D eigenvalue weighted by atomic mass is 35.5. The van der Waals surface area contributed by atoms with Crippen LogP contribution in [0.2, 0.25) is 0 Å². The number of halogens is 1. The van der Waals surface area contributed by atoms with Crippen LogP contribution in [0.4, 0.5) is 0 Å². The van der Waals surface area contributed by atoms with Crippen molar-refractivity contribution in [2.45, 2.75) is 6.92 Å². The zero-order valence-corrected chi connectivity index (χ0v) is 4.90. The molecule has 0 aliphatic rings. The third kappa shape index (κ3) is 5.70. The fraction of sp³-hybridized carbons (Fsp3) is 0.400. The van der Waals surface area contributed by atoms with Crippen molar-refractivity contribution in [1.29, 1.82) is 0 Å². The van der Waals surface area contributed by atoms with Gasteiger partial charge in [-0.05, 0) is 13.0 Å². The molecule has 7 heavy (non-hydrogen) atoms. The van der Waals surface area contributed by atoms with Gasteiger partial charge < -0.3 is 0 Å². The van der Waals surface area contributed by atoms with Crippen molar-refractivity contribution in [2.24, 2.45) is 0 Å². The highest BCUT2D eigenvalue weighted by Crippen LogP contribution is 1.77. The van der Waals surface area contributed by atoms with E-state index in [0.717, 1.165) is 0 Å². The van der Waals surface area contributed by atoms with Crippen molar-refractivity contribution in [3.05, 3.63) is 12.2 Å². The minimum absolute atomic E-state index is 0.0423. The third-order valence-electron chi connectivity index (χ3n) is 0.442. The fourth-order valence-electron chi connectivity index (χ4n) is 0.211. The monoisotopic (exact) mass is 118 g/mol. The predicted octanol–water partition coefficient (Wildman–Crippen LogP) is 1.37. The number of allylic oxidation sites excluding steroid dienone is 2. The molecular weight excluding hydrogens is 112 g/mol. The van der Waals surface area contributed by atoms with E-state index in [1.54, 1.807) is 6.08 Å². The first kappa shape index (κ1) is 6.70. The molecule has 0 heterocycles. The van der Waals surface area contributed by atoms with E-state index in [1.807, 2.05) is 0 Å². The number of ketones is 1. The molecule has 2 heteroatoms. The van der Waals surface area contributed by atoms with Crippen LogP contribution in [0.3, 0.4) is 0 Å². The number of carbonyl (C=O) groups is 1. The summed E-state index contributed by atoms with van der Waals surface area (Å²) in [5.41, 5.74) is 0. The van der Waals surface area contributed by atoms with Gasteiger partial charge in [-0.15, -0.1) is 11.6 Å². The topological polar surface area (TPSA) is 17.1 Å². The second-order valence-electron chi connectivity index (χ2n) is 1.17. The zero-order valence-electron chi connectivity index (χ0n) is 4.15. The molecule has 0 fully saturated rings. The maximum Gasteiger partial charge on any atom is 0.152 e. The molecule has 0 rings (SSSR count). The summed E-state index contributed by atoms with van der Waals surface area (Å²) in [6.07, 6.45) is 3.07. The van der Waals surface area contributed by atoms with Gasteiger partial charge in [0.15, 0.2) is 5.78 Å². The molecule has 0 amide bonds. The first-order valence-corrected chi connectivity index (χ1v) is 2.54. The summed E-state index contributed by atoms with van der Waals surface area (Å²) in [6, 6.07) is 0. The Morgan fingerprint density at radius 2 is 2.43 bits per heavy atom. The summed E-state index contributed by atoms with van der Waals surface area (Å²) in [4.78, 5) is 10.1. The standard InChI is InChI=1S/C5H7ClO/c1-5(7)3-2-4-6/h2-3H,4H2,1H3/b3-2+. The van der Waals surface area contributed by atoms with Crippen LogP contribution < -0.4 is 0 Å². The lowest BCUT2D eigenvalue weighted by Crippen LogP contribution is -1.78. The van der Waals surface area contributed by atoms with E-state index in [-0.39, 0.29) is 5.78 Å². The molecule has 0 atom stereocenters. The number of hydrogen-bond acceptors (Lipinski definition) is 1. The van der Waals surface area contributed by atoms with Crippen LogP contribution in [0.5, 0.6) is 0 Å². The molecule has 0 spiro atoms. The fourth-order valence-corrected chi connectivity index (χ4v) is 0.300. The van der Waals surface area contributed by atoms with Gasteiger partial charge in [0.05, 0.1) is 0 Å². The third-order valence-corrected chi connectivity index (χ3v) is 0.620. The molecule has 0 bridgehead atoms. The second-order valence-corrected chi connectivity index (χ2v) is 1.48. The highest BCUT2D eigenvalue weighted by Gasteiger charge is 1.76. The Morgan fingerprint density at radius 3 is 2.57 bits per heavy atom. The lowest BCUT2D eigenvalue weighted by Gasteiger charge is -1.72. The Morgan fingerprint density at radius 1 is 1.86 bits per heavy atom. The largest absolute Gasteiger partial charge is 0.295 e. The minimum atomic E-state index is 0.0423. The Kier molecular flexibility index (Phi) is 3.71. The van der Waals surface area contributed by atoms with E-state index < -0.39 is 0 Å². The predicted molar refractivity (Wildman–Crippen MR) is 30.5 cm³/mol. The van der Waals surface area contributed by atoms with Gasteiger partial charge in [-0.25, -0.2) is 0 Å². The number of rotatable bonds is 2. The Labute approximate surface area is 48.0 Å². The Balaban J connectivity index is 3.26. The van der Waals surface area contributed by atoms with Crippen LogP contribution >= 0.6 is 11.6 Å². The van der Waals surface area contributed by atoms with Crippen molar-refractivity contribution in [1.82, 2.24) is 0 Å².